The lowest BCUT2D eigenvalue weighted by Gasteiger charge is -2.51. The van der Waals surface area contributed by atoms with Crippen molar-refractivity contribution in [3.05, 3.63) is 77.9 Å². The highest BCUT2D eigenvalue weighted by Gasteiger charge is 2.57. The molecule has 38 heavy (non-hydrogen) atoms. The minimum atomic E-state index is -4.69. The van der Waals surface area contributed by atoms with Gasteiger partial charge in [0.15, 0.2) is 9.84 Å². The van der Waals surface area contributed by atoms with Crippen LogP contribution in [0, 0.1) is 17.6 Å². The molecule has 1 aliphatic carbocycles. The van der Waals surface area contributed by atoms with Crippen LogP contribution in [-0.2, 0) is 30.8 Å². The Bertz CT molecular complexity index is 1420. The van der Waals surface area contributed by atoms with Crippen LogP contribution in [0.3, 0.4) is 0 Å². The SMILES string of the molecule is C=CCN1[C@@H]2CC[C@](c3cc(F)ccc3F)(S(=O)(=O)c3ccc(C(F)(F)F)cc3)C[C@@H]2C[C@@H](CC)S1(=O)=O. The highest BCUT2D eigenvalue weighted by Crippen LogP contribution is 2.53. The van der Waals surface area contributed by atoms with Gasteiger partial charge in [-0.3, -0.25) is 0 Å². The molecular formula is C26H28F5NO4S2. The number of sulfonamides is 1. The zero-order valence-corrected chi connectivity index (χ0v) is 22.2. The summed E-state index contributed by atoms with van der Waals surface area (Å²) in [7, 11) is -8.27. The van der Waals surface area contributed by atoms with E-state index in [1.54, 1.807) is 6.92 Å². The van der Waals surface area contributed by atoms with Gasteiger partial charge in [-0.1, -0.05) is 13.0 Å². The first-order valence-electron chi connectivity index (χ1n) is 12.2. The second kappa shape index (κ2) is 10.0. The van der Waals surface area contributed by atoms with Crippen LogP contribution in [0.25, 0.3) is 0 Å². The molecule has 1 saturated heterocycles. The molecule has 0 unspecified atom stereocenters. The zero-order chi connectivity index (χ0) is 28.1. The van der Waals surface area contributed by atoms with Crippen molar-refractivity contribution < 1.29 is 38.8 Å². The minimum absolute atomic E-state index is 0.0208. The van der Waals surface area contributed by atoms with Crippen molar-refractivity contribution in [3.8, 4) is 0 Å². The summed E-state index contributed by atoms with van der Waals surface area (Å²) in [6.07, 6.45) is -3.29. The van der Waals surface area contributed by atoms with E-state index in [0.29, 0.717) is 12.1 Å². The fraction of sp³-hybridized carbons (Fsp3) is 0.462. The molecule has 1 saturated carbocycles. The number of benzene rings is 2. The number of sulfone groups is 1. The van der Waals surface area contributed by atoms with Crippen molar-refractivity contribution in [1.29, 1.82) is 0 Å². The van der Waals surface area contributed by atoms with Gasteiger partial charge >= 0.3 is 6.18 Å². The topological polar surface area (TPSA) is 71.5 Å². The van der Waals surface area contributed by atoms with Gasteiger partial charge in [-0.15, -0.1) is 6.58 Å². The summed E-state index contributed by atoms with van der Waals surface area (Å²) >= 11 is 0. The maximum absolute atomic E-state index is 15.3. The first-order valence-corrected chi connectivity index (χ1v) is 15.2. The van der Waals surface area contributed by atoms with E-state index < -0.39 is 75.7 Å². The normalized spacial score (nSPS) is 28.0. The average molecular weight is 578 g/mol. The zero-order valence-electron chi connectivity index (χ0n) is 20.6. The van der Waals surface area contributed by atoms with Crippen LogP contribution < -0.4 is 0 Å². The monoisotopic (exact) mass is 577 g/mol. The van der Waals surface area contributed by atoms with Gasteiger partial charge < -0.3 is 0 Å². The molecule has 2 aromatic carbocycles. The third kappa shape index (κ3) is 4.68. The summed E-state index contributed by atoms with van der Waals surface area (Å²) in [6, 6.07) is 4.85. The number of fused-ring (bicyclic) bond motifs is 1. The molecule has 1 aliphatic heterocycles. The number of nitrogens with zero attached hydrogens (tertiary/aromatic N) is 1. The van der Waals surface area contributed by atoms with Gasteiger partial charge in [-0.2, -0.15) is 17.5 Å². The summed E-state index contributed by atoms with van der Waals surface area (Å²) in [5.74, 6) is -2.35. The summed E-state index contributed by atoms with van der Waals surface area (Å²) in [4.78, 5) is -0.453. The highest BCUT2D eigenvalue weighted by molar-refractivity contribution is 7.92. The lowest BCUT2D eigenvalue weighted by molar-refractivity contribution is -0.137. The number of alkyl halides is 3. The smallest absolute Gasteiger partial charge is 0.223 e. The average Bonchev–Trinajstić information content (AvgIpc) is 2.86. The molecule has 0 aromatic heterocycles. The third-order valence-electron chi connectivity index (χ3n) is 7.85. The Hall–Kier alpha value is -2.31. The fourth-order valence-corrected chi connectivity index (χ4v) is 10.5. The first kappa shape index (κ1) is 28.7. The molecule has 4 atom stereocenters. The molecule has 1 heterocycles. The van der Waals surface area contributed by atoms with Crippen molar-refractivity contribution in [2.45, 2.75) is 66.1 Å². The molecule has 2 aromatic rings. The van der Waals surface area contributed by atoms with Gasteiger partial charge in [0.25, 0.3) is 0 Å². The van der Waals surface area contributed by atoms with Gasteiger partial charge in [0.1, 0.15) is 16.4 Å². The van der Waals surface area contributed by atoms with Crippen molar-refractivity contribution in [3.63, 3.8) is 0 Å². The van der Waals surface area contributed by atoms with E-state index in [2.05, 4.69) is 6.58 Å². The molecule has 12 heteroatoms. The largest absolute Gasteiger partial charge is 0.416 e. The molecule has 0 bridgehead atoms. The Morgan fingerprint density at radius 1 is 1.13 bits per heavy atom. The summed E-state index contributed by atoms with van der Waals surface area (Å²) < 4.78 is 123. The van der Waals surface area contributed by atoms with Crippen LogP contribution in [0.15, 0.2) is 60.0 Å². The predicted molar refractivity (Wildman–Crippen MR) is 132 cm³/mol. The van der Waals surface area contributed by atoms with Gasteiger partial charge in [0.05, 0.1) is 15.7 Å². The molecule has 0 spiro atoms. The van der Waals surface area contributed by atoms with Crippen LogP contribution in [0.4, 0.5) is 22.0 Å². The Balaban J connectivity index is 1.88. The minimum Gasteiger partial charge on any atom is -0.223 e. The van der Waals surface area contributed by atoms with Crippen molar-refractivity contribution >= 4 is 19.9 Å². The second-order valence-corrected chi connectivity index (χ2v) is 14.3. The molecular weight excluding hydrogens is 549 g/mol. The third-order valence-corrected chi connectivity index (χ3v) is 12.8. The van der Waals surface area contributed by atoms with E-state index in [-0.39, 0.29) is 38.6 Å². The Labute approximate surface area is 219 Å². The lowest BCUT2D eigenvalue weighted by atomic mass is 9.72. The first-order chi connectivity index (χ1) is 17.7. The molecule has 0 N–H and O–H groups in total. The lowest BCUT2D eigenvalue weighted by Crippen LogP contribution is -2.58. The molecule has 4 rings (SSSR count). The van der Waals surface area contributed by atoms with Crippen LogP contribution in [0.5, 0.6) is 0 Å². The fourth-order valence-electron chi connectivity index (χ4n) is 6.01. The van der Waals surface area contributed by atoms with Crippen LogP contribution >= 0.6 is 0 Å². The Kier molecular flexibility index (Phi) is 7.56. The van der Waals surface area contributed by atoms with Gasteiger partial charge in [-0.25, -0.2) is 25.6 Å². The van der Waals surface area contributed by atoms with Crippen molar-refractivity contribution in [1.82, 2.24) is 4.31 Å². The molecule has 208 valence electrons. The molecule has 5 nitrogen and oxygen atoms in total. The van der Waals surface area contributed by atoms with E-state index in [0.717, 1.165) is 30.3 Å². The van der Waals surface area contributed by atoms with E-state index in [4.69, 9.17) is 0 Å². The molecule has 2 aliphatic rings. The van der Waals surface area contributed by atoms with Gasteiger partial charge in [0.2, 0.25) is 10.0 Å². The maximum atomic E-state index is 15.3. The van der Waals surface area contributed by atoms with Crippen LogP contribution in [0.1, 0.15) is 50.2 Å². The Morgan fingerprint density at radius 2 is 1.79 bits per heavy atom. The summed E-state index contributed by atoms with van der Waals surface area (Å²) in [5, 5.41) is -0.800. The second-order valence-electron chi connectivity index (χ2n) is 9.88. The van der Waals surface area contributed by atoms with Gasteiger partial charge in [0, 0.05) is 18.2 Å². The number of hydrogen-bond donors (Lipinski definition) is 0. The molecule has 0 amide bonds. The molecule has 2 fully saturated rings. The molecule has 0 radical (unpaired) electrons. The van der Waals surface area contributed by atoms with Crippen molar-refractivity contribution in [2.24, 2.45) is 5.92 Å². The Morgan fingerprint density at radius 3 is 2.37 bits per heavy atom. The number of rotatable bonds is 6. The van der Waals surface area contributed by atoms with E-state index in [1.165, 1.54) is 10.4 Å². The summed E-state index contributed by atoms with van der Waals surface area (Å²) in [6.45, 7) is 5.36. The van der Waals surface area contributed by atoms with Gasteiger partial charge in [-0.05, 0) is 80.5 Å². The van der Waals surface area contributed by atoms with Crippen molar-refractivity contribution in [2.75, 3.05) is 6.54 Å². The standard InChI is InChI=1S/C26H28F5NO4S2/c1-3-13-32-24-11-12-25(22-15-19(27)7-10-23(22)28,16-17(24)14-20(4-2)38(32,35)36)37(33,34)21-8-5-18(6-9-21)26(29,30)31/h3,5-10,15,17,20,24H,1,4,11-14,16H2,2H3/t17-,20+,24+,25-/m0/s1. The summed E-state index contributed by atoms with van der Waals surface area (Å²) in [5.41, 5.74) is -1.46. The van der Waals surface area contributed by atoms with E-state index >= 15 is 4.39 Å². The number of hydrogen-bond acceptors (Lipinski definition) is 4. The van der Waals surface area contributed by atoms with E-state index in [1.807, 2.05) is 0 Å². The number of halogens is 5. The maximum Gasteiger partial charge on any atom is 0.416 e. The quantitative estimate of drug-likeness (QED) is 0.321. The highest BCUT2D eigenvalue weighted by atomic mass is 32.2. The van der Waals surface area contributed by atoms with Crippen LogP contribution in [0.2, 0.25) is 0 Å². The predicted octanol–water partition coefficient (Wildman–Crippen LogP) is 5.82. The van der Waals surface area contributed by atoms with E-state index in [9.17, 15) is 34.4 Å². The van der Waals surface area contributed by atoms with Crippen LogP contribution in [-0.4, -0.2) is 39.0 Å².